The minimum absolute atomic E-state index is 0.0934. The number of halogens is 6. The van der Waals surface area contributed by atoms with Crippen LogP contribution in [-0.4, -0.2) is 36.2 Å². The lowest BCUT2D eigenvalue weighted by molar-refractivity contribution is -0.143. The third-order valence-electron chi connectivity index (χ3n) is 4.78. The molecular formula is C17H21F6N3S. The van der Waals surface area contributed by atoms with Crippen LogP contribution in [0.5, 0.6) is 0 Å². The highest BCUT2D eigenvalue weighted by atomic mass is 32.1. The Morgan fingerprint density at radius 2 is 1.37 bits per heavy atom. The monoisotopic (exact) mass is 413 g/mol. The summed E-state index contributed by atoms with van der Waals surface area (Å²) in [6.45, 7) is 0. The molecule has 1 aliphatic carbocycles. The van der Waals surface area contributed by atoms with E-state index in [2.05, 4.69) is 0 Å². The average molecular weight is 413 g/mol. The first kappa shape index (κ1) is 21.7. The van der Waals surface area contributed by atoms with Gasteiger partial charge < -0.3 is 15.5 Å². The van der Waals surface area contributed by atoms with Gasteiger partial charge in [0, 0.05) is 11.7 Å². The third kappa shape index (κ3) is 5.04. The molecule has 2 atom stereocenters. The van der Waals surface area contributed by atoms with Gasteiger partial charge in [0.15, 0.2) is 5.11 Å². The summed E-state index contributed by atoms with van der Waals surface area (Å²) in [5, 5.41) is -0.249. The molecule has 0 saturated heterocycles. The van der Waals surface area contributed by atoms with Crippen molar-refractivity contribution in [2.45, 2.75) is 50.1 Å². The van der Waals surface area contributed by atoms with Gasteiger partial charge in [-0.3, -0.25) is 0 Å². The van der Waals surface area contributed by atoms with Crippen LogP contribution in [0.1, 0.15) is 36.8 Å². The van der Waals surface area contributed by atoms with Crippen LogP contribution in [0, 0.1) is 0 Å². The molecule has 0 bridgehead atoms. The summed E-state index contributed by atoms with van der Waals surface area (Å²) in [7, 11) is 3.63. The maximum atomic E-state index is 13.2. The SMILES string of the molecule is CN(C)C1CCCCC1N(C(N)=S)c1cc(C(F)(F)F)cc(C(F)(F)F)c1. The Bertz CT molecular complexity index is 654. The van der Waals surface area contributed by atoms with Gasteiger partial charge in [0.25, 0.3) is 0 Å². The molecule has 0 heterocycles. The van der Waals surface area contributed by atoms with Crippen molar-refractivity contribution in [1.82, 2.24) is 4.90 Å². The number of nitrogens with two attached hydrogens (primary N) is 1. The molecule has 1 aliphatic rings. The molecule has 2 N–H and O–H groups in total. The topological polar surface area (TPSA) is 32.5 Å². The van der Waals surface area contributed by atoms with Gasteiger partial charge in [-0.15, -0.1) is 0 Å². The van der Waals surface area contributed by atoms with E-state index in [4.69, 9.17) is 18.0 Å². The second-order valence-electron chi connectivity index (χ2n) is 6.86. The van der Waals surface area contributed by atoms with Crippen molar-refractivity contribution in [2.75, 3.05) is 19.0 Å². The average Bonchev–Trinajstić information content (AvgIpc) is 2.53. The highest BCUT2D eigenvalue weighted by Gasteiger charge is 2.39. The minimum Gasteiger partial charge on any atom is -0.376 e. The third-order valence-corrected chi connectivity index (χ3v) is 4.97. The van der Waals surface area contributed by atoms with Crippen molar-refractivity contribution < 1.29 is 26.3 Å². The molecule has 1 fully saturated rings. The van der Waals surface area contributed by atoms with Crippen LogP contribution in [-0.2, 0) is 12.4 Å². The fraction of sp³-hybridized carbons (Fsp3) is 0.588. The van der Waals surface area contributed by atoms with E-state index in [-0.39, 0.29) is 22.9 Å². The van der Waals surface area contributed by atoms with Crippen LogP contribution in [0.4, 0.5) is 32.0 Å². The number of hydrogen-bond acceptors (Lipinski definition) is 2. The molecule has 2 rings (SSSR count). The summed E-state index contributed by atoms with van der Waals surface area (Å²) < 4.78 is 79.1. The van der Waals surface area contributed by atoms with E-state index in [0.717, 1.165) is 19.3 Å². The summed E-state index contributed by atoms with van der Waals surface area (Å²) in [6.07, 6.45) is -6.82. The molecular weight excluding hydrogens is 392 g/mol. The summed E-state index contributed by atoms with van der Waals surface area (Å²) in [5.41, 5.74) is 2.70. The number of hydrogen-bond donors (Lipinski definition) is 1. The molecule has 0 aromatic heterocycles. The Balaban J connectivity index is 2.61. The fourth-order valence-electron chi connectivity index (χ4n) is 3.55. The quantitative estimate of drug-likeness (QED) is 0.578. The molecule has 152 valence electrons. The lowest BCUT2D eigenvalue weighted by Crippen LogP contribution is -2.55. The van der Waals surface area contributed by atoms with Crippen molar-refractivity contribution in [3.8, 4) is 0 Å². The van der Waals surface area contributed by atoms with E-state index in [9.17, 15) is 26.3 Å². The number of rotatable bonds is 3. The fourth-order valence-corrected chi connectivity index (χ4v) is 3.80. The van der Waals surface area contributed by atoms with Gasteiger partial charge in [0.2, 0.25) is 0 Å². The molecule has 0 aliphatic heterocycles. The maximum Gasteiger partial charge on any atom is 0.416 e. The van der Waals surface area contributed by atoms with Gasteiger partial charge in [-0.1, -0.05) is 12.8 Å². The van der Waals surface area contributed by atoms with E-state index < -0.39 is 29.5 Å². The van der Waals surface area contributed by atoms with Crippen LogP contribution in [0.2, 0.25) is 0 Å². The number of alkyl halides is 6. The van der Waals surface area contributed by atoms with Gasteiger partial charge in [0.05, 0.1) is 17.2 Å². The molecule has 1 saturated carbocycles. The van der Waals surface area contributed by atoms with Crippen LogP contribution in [0.15, 0.2) is 18.2 Å². The number of anilines is 1. The van der Waals surface area contributed by atoms with Crippen LogP contribution < -0.4 is 10.6 Å². The zero-order valence-electron chi connectivity index (χ0n) is 14.9. The van der Waals surface area contributed by atoms with E-state index in [1.54, 1.807) is 0 Å². The number of nitrogens with zero attached hydrogens (tertiary/aromatic N) is 2. The lowest BCUT2D eigenvalue weighted by atomic mass is 9.88. The molecule has 27 heavy (non-hydrogen) atoms. The first-order valence-electron chi connectivity index (χ1n) is 8.37. The second-order valence-corrected chi connectivity index (χ2v) is 7.27. The van der Waals surface area contributed by atoms with E-state index in [1.165, 1.54) is 4.90 Å². The van der Waals surface area contributed by atoms with Crippen molar-refractivity contribution >= 4 is 23.0 Å². The molecule has 0 spiro atoms. The molecule has 0 radical (unpaired) electrons. The predicted octanol–water partition coefficient (Wildman–Crippen LogP) is 4.65. The van der Waals surface area contributed by atoms with Crippen molar-refractivity contribution in [3.05, 3.63) is 29.3 Å². The van der Waals surface area contributed by atoms with Gasteiger partial charge in [-0.25, -0.2) is 0 Å². The Kier molecular flexibility index (Phi) is 6.30. The van der Waals surface area contributed by atoms with Gasteiger partial charge >= 0.3 is 12.4 Å². The Hall–Kier alpha value is -1.55. The van der Waals surface area contributed by atoms with Crippen molar-refractivity contribution in [1.29, 1.82) is 0 Å². The normalized spacial score (nSPS) is 21.4. The minimum atomic E-state index is -4.93. The highest BCUT2D eigenvalue weighted by molar-refractivity contribution is 7.80. The molecule has 1 aromatic rings. The predicted molar refractivity (Wildman–Crippen MR) is 95.4 cm³/mol. The number of benzene rings is 1. The van der Waals surface area contributed by atoms with Crippen LogP contribution >= 0.6 is 12.2 Å². The van der Waals surface area contributed by atoms with Crippen LogP contribution in [0.25, 0.3) is 0 Å². The zero-order chi connectivity index (χ0) is 20.6. The Morgan fingerprint density at radius 1 is 0.926 bits per heavy atom. The van der Waals surface area contributed by atoms with Gasteiger partial charge in [-0.2, -0.15) is 26.3 Å². The van der Waals surface area contributed by atoms with E-state index in [1.807, 2.05) is 19.0 Å². The molecule has 3 nitrogen and oxygen atoms in total. The van der Waals surface area contributed by atoms with Crippen molar-refractivity contribution in [3.63, 3.8) is 0 Å². The smallest absolute Gasteiger partial charge is 0.376 e. The highest BCUT2D eigenvalue weighted by Crippen LogP contribution is 2.40. The molecule has 2 unspecified atom stereocenters. The number of thiocarbonyl (C=S) groups is 1. The standard InChI is InChI=1S/C17H21F6N3S/c1-25(2)13-5-3-4-6-14(13)26(15(24)27)12-8-10(16(18,19)20)7-11(9-12)17(21,22)23/h7-9,13-14H,3-6H2,1-2H3,(H2,24,27). The zero-order valence-corrected chi connectivity index (χ0v) is 15.7. The lowest BCUT2D eigenvalue weighted by Gasteiger charge is -2.43. The molecule has 10 heteroatoms. The van der Waals surface area contributed by atoms with Gasteiger partial charge in [0.1, 0.15) is 0 Å². The summed E-state index contributed by atoms with van der Waals surface area (Å²) in [5.74, 6) is 0. The molecule has 0 amide bonds. The first-order valence-corrected chi connectivity index (χ1v) is 8.77. The van der Waals surface area contributed by atoms with Gasteiger partial charge in [-0.05, 0) is 57.4 Å². The first-order chi connectivity index (χ1) is 12.3. The molecule has 1 aromatic carbocycles. The maximum absolute atomic E-state index is 13.2. The van der Waals surface area contributed by atoms with Crippen LogP contribution in [0.3, 0.4) is 0 Å². The number of likely N-dealkylation sites (N-methyl/N-ethyl adjacent to an activating group) is 1. The second kappa shape index (κ2) is 7.83. The van der Waals surface area contributed by atoms with E-state index >= 15 is 0 Å². The summed E-state index contributed by atoms with van der Waals surface area (Å²) in [6, 6.07) is 0.955. The largest absolute Gasteiger partial charge is 0.416 e. The Morgan fingerprint density at radius 3 is 1.74 bits per heavy atom. The summed E-state index contributed by atoms with van der Waals surface area (Å²) in [4.78, 5) is 3.14. The Labute approximate surface area is 159 Å². The summed E-state index contributed by atoms with van der Waals surface area (Å²) >= 11 is 5.02. The van der Waals surface area contributed by atoms with E-state index in [0.29, 0.717) is 18.6 Å². The van der Waals surface area contributed by atoms with Crippen molar-refractivity contribution in [2.24, 2.45) is 5.73 Å².